The lowest BCUT2D eigenvalue weighted by molar-refractivity contribution is 0.376. The summed E-state index contributed by atoms with van der Waals surface area (Å²) >= 11 is 0. The molecule has 1 heterocycles. The van der Waals surface area contributed by atoms with E-state index in [-0.39, 0.29) is 0 Å². The molecule has 0 atom stereocenters. The zero-order valence-electron chi connectivity index (χ0n) is 10.5. The van der Waals surface area contributed by atoms with Crippen LogP contribution in [0.3, 0.4) is 0 Å². The van der Waals surface area contributed by atoms with Crippen LogP contribution in [-0.2, 0) is 6.42 Å². The number of hydrogen-bond donors (Lipinski definition) is 1. The van der Waals surface area contributed by atoms with E-state index in [2.05, 4.69) is 34.5 Å². The van der Waals surface area contributed by atoms with Crippen molar-refractivity contribution in [2.24, 2.45) is 0 Å². The molecule has 4 heteroatoms. The van der Waals surface area contributed by atoms with Gasteiger partial charge in [-0.25, -0.2) is 0 Å². The van der Waals surface area contributed by atoms with E-state index < -0.39 is 0 Å². The molecule has 0 spiro atoms. The van der Waals surface area contributed by atoms with Gasteiger partial charge in [0.2, 0.25) is 11.7 Å². The molecule has 1 aromatic heterocycles. The van der Waals surface area contributed by atoms with Crippen LogP contribution in [0, 0.1) is 6.92 Å². The van der Waals surface area contributed by atoms with Crippen LogP contribution in [0.15, 0.2) is 28.8 Å². The molecule has 2 aromatic rings. The number of aromatic nitrogens is 2. The van der Waals surface area contributed by atoms with Crippen LogP contribution >= 0.6 is 0 Å². The van der Waals surface area contributed by atoms with E-state index in [0.717, 1.165) is 24.6 Å². The normalized spacial score (nSPS) is 14.9. The maximum Gasteiger partial charge on any atom is 0.228 e. The highest BCUT2D eigenvalue weighted by Crippen LogP contribution is 2.19. The van der Waals surface area contributed by atoms with Crippen LogP contribution < -0.4 is 5.32 Å². The first-order valence-electron chi connectivity index (χ1n) is 6.44. The molecule has 94 valence electrons. The number of aryl methyl sites for hydroxylation is 1. The Balaban J connectivity index is 1.62. The highest BCUT2D eigenvalue weighted by Gasteiger charge is 2.20. The summed E-state index contributed by atoms with van der Waals surface area (Å²) in [5.74, 6) is 1.38. The predicted molar refractivity (Wildman–Crippen MR) is 69.2 cm³/mol. The van der Waals surface area contributed by atoms with Gasteiger partial charge in [0.15, 0.2) is 0 Å². The van der Waals surface area contributed by atoms with Crippen LogP contribution in [0.5, 0.6) is 0 Å². The van der Waals surface area contributed by atoms with Crippen molar-refractivity contribution in [3.63, 3.8) is 0 Å². The average molecular weight is 243 g/mol. The molecule has 3 rings (SSSR count). The fourth-order valence-electron chi connectivity index (χ4n) is 1.85. The van der Waals surface area contributed by atoms with E-state index in [9.17, 15) is 0 Å². The molecule has 0 aliphatic heterocycles. The van der Waals surface area contributed by atoms with Crippen LogP contribution in [0.25, 0.3) is 11.4 Å². The fourth-order valence-corrected chi connectivity index (χ4v) is 1.85. The van der Waals surface area contributed by atoms with Gasteiger partial charge in [-0.2, -0.15) is 4.98 Å². The van der Waals surface area contributed by atoms with E-state index in [1.807, 2.05) is 12.1 Å². The Kier molecular flexibility index (Phi) is 3.11. The van der Waals surface area contributed by atoms with E-state index in [1.165, 1.54) is 18.4 Å². The predicted octanol–water partition coefficient (Wildman–Crippen LogP) is 2.34. The molecule has 0 radical (unpaired) electrons. The summed E-state index contributed by atoms with van der Waals surface area (Å²) in [5, 5.41) is 7.45. The van der Waals surface area contributed by atoms with Crippen LogP contribution in [-0.4, -0.2) is 22.7 Å². The monoisotopic (exact) mass is 243 g/mol. The van der Waals surface area contributed by atoms with Crippen molar-refractivity contribution in [3.05, 3.63) is 35.7 Å². The van der Waals surface area contributed by atoms with Gasteiger partial charge in [0.25, 0.3) is 0 Å². The lowest BCUT2D eigenvalue weighted by atomic mass is 10.1. The minimum Gasteiger partial charge on any atom is -0.339 e. The van der Waals surface area contributed by atoms with E-state index in [0.29, 0.717) is 11.7 Å². The molecule has 1 aliphatic rings. The smallest absolute Gasteiger partial charge is 0.228 e. The van der Waals surface area contributed by atoms with Gasteiger partial charge in [0, 0.05) is 24.6 Å². The second kappa shape index (κ2) is 4.90. The summed E-state index contributed by atoms with van der Waals surface area (Å²) in [6.07, 6.45) is 3.41. The maximum atomic E-state index is 5.25. The highest BCUT2D eigenvalue weighted by molar-refractivity contribution is 5.54. The van der Waals surface area contributed by atoms with Crippen LogP contribution in [0.2, 0.25) is 0 Å². The molecular formula is C14H17N3O. The zero-order chi connectivity index (χ0) is 12.4. The Morgan fingerprint density at radius 1 is 1.28 bits per heavy atom. The summed E-state index contributed by atoms with van der Waals surface area (Å²) in [7, 11) is 0. The van der Waals surface area contributed by atoms with Crippen molar-refractivity contribution >= 4 is 0 Å². The van der Waals surface area contributed by atoms with Gasteiger partial charge in [0.05, 0.1) is 0 Å². The second-order valence-electron chi connectivity index (χ2n) is 4.86. The van der Waals surface area contributed by atoms with Crippen molar-refractivity contribution < 1.29 is 4.52 Å². The summed E-state index contributed by atoms with van der Waals surface area (Å²) in [6, 6.07) is 8.88. The van der Waals surface area contributed by atoms with Crippen molar-refractivity contribution in [2.45, 2.75) is 32.2 Å². The molecule has 1 N–H and O–H groups in total. The van der Waals surface area contributed by atoms with E-state index >= 15 is 0 Å². The van der Waals surface area contributed by atoms with E-state index in [4.69, 9.17) is 4.52 Å². The van der Waals surface area contributed by atoms with Gasteiger partial charge < -0.3 is 9.84 Å². The molecule has 1 fully saturated rings. The zero-order valence-corrected chi connectivity index (χ0v) is 10.5. The van der Waals surface area contributed by atoms with Crippen molar-refractivity contribution in [1.82, 2.24) is 15.5 Å². The fraction of sp³-hybridized carbons (Fsp3) is 0.429. The molecule has 0 amide bonds. The highest BCUT2D eigenvalue weighted by atomic mass is 16.5. The number of rotatable bonds is 5. The summed E-state index contributed by atoms with van der Waals surface area (Å²) in [5.41, 5.74) is 2.24. The Morgan fingerprint density at radius 3 is 2.78 bits per heavy atom. The first kappa shape index (κ1) is 11.4. The van der Waals surface area contributed by atoms with Crippen LogP contribution in [0.4, 0.5) is 0 Å². The molecule has 0 saturated heterocycles. The SMILES string of the molecule is Cc1ccc(-c2noc(CCNC3CC3)n2)cc1. The van der Waals surface area contributed by atoms with E-state index in [1.54, 1.807) is 0 Å². The lowest BCUT2D eigenvalue weighted by Crippen LogP contribution is -2.19. The van der Waals surface area contributed by atoms with Crippen LogP contribution in [0.1, 0.15) is 24.3 Å². The molecule has 1 aromatic carbocycles. The third-order valence-corrected chi connectivity index (χ3v) is 3.13. The maximum absolute atomic E-state index is 5.25. The first-order chi connectivity index (χ1) is 8.81. The number of hydrogen-bond acceptors (Lipinski definition) is 4. The summed E-state index contributed by atoms with van der Waals surface area (Å²) < 4.78 is 5.25. The van der Waals surface area contributed by atoms with Gasteiger partial charge in [-0.1, -0.05) is 35.0 Å². The number of nitrogens with zero attached hydrogens (tertiary/aromatic N) is 2. The van der Waals surface area contributed by atoms with Gasteiger partial charge in [-0.15, -0.1) is 0 Å². The largest absolute Gasteiger partial charge is 0.339 e. The Morgan fingerprint density at radius 2 is 2.06 bits per heavy atom. The standard InChI is InChI=1S/C14H17N3O/c1-10-2-4-11(5-3-10)14-16-13(18-17-14)8-9-15-12-6-7-12/h2-5,12,15H,6-9H2,1H3. The second-order valence-corrected chi connectivity index (χ2v) is 4.86. The Hall–Kier alpha value is -1.68. The molecule has 0 bridgehead atoms. The first-order valence-corrected chi connectivity index (χ1v) is 6.44. The van der Waals surface area contributed by atoms with Crippen molar-refractivity contribution in [1.29, 1.82) is 0 Å². The van der Waals surface area contributed by atoms with Gasteiger partial charge in [-0.05, 0) is 19.8 Å². The minimum atomic E-state index is 0.677. The third kappa shape index (κ3) is 2.76. The summed E-state index contributed by atoms with van der Waals surface area (Å²) in [4.78, 5) is 4.41. The molecule has 0 unspecified atom stereocenters. The Bertz CT molecular complexity index is 514. The Labute approximate surface area is 106 Å². The quantitative estimate of drug-likeness (QED) is 0.875. The number of benzene rings is 1. The number of nitrogens with one attached hydrogen (secondary N) is 1. The van der Waals surface area contributed by atoms with Gasteiger partial charge in [0.1, 0.15) is 0 Å². The average Bonchev–Trinajstić information content (AvgIpc) is 3.08. The minimum absolute atomic E-state index is 0.677. The third-order valence-electron chi connectivity index (χ3n) is 3.13. The lowest BCUT2D eigenvalue weighted by Gasteiger charge is -1.97. The molecule has 1 aliphatic carbocycles. The topological polar surface area (TPSA) is 51.0 Å². The van der Waals surface area contributed by atoms with Gasteiger partial charge in [-0.3, -0.25) is 0 Å². The van der Waals surface area contributed by atoms with Crippen molar-refractivity contribution in [3.8, 4) is 11.4 Å². The molecule has 18 heavy (non-hydrogen) atoms. The summed E-state index contributed by atoms with van der Waals surface area (Å²) in [6.45, 7) is 2.98. The molecule has 1 saturated carbocycles. The molecular weight excluding hydrogens is 226 g/mol. The van der Waals surface area contributed by atoms with Gasteiger partial charge >= 0.3 is 0 Å². The molecule has 4 nitrogen and oxygen atoms in total. The van der Waals surface area contributed by atoms with Crippen molar-refractivity contribution in [2.75, 3.05) is 6.54 Å².